The van der Waals surface area contributed by atoms with Gasteiger partial charge in [0.05, 0.1) is 11.6 Å². The molecule has 0 aromatic carbocycles. The van der Waals surface area contributed by atoms with Gasteiger partial charge < -0.3 is 0 Å². The molecule has 0 fully saturated rings. The quantitative estimate of drug-likeness (QED) is 0.732. The summed E-state index contributed by atoms with van der Waals surface area (Å²) < 4.78 is 37.3. The van der Waals surface area contributed by atoms with Crippen molar-refractivity contribution in [3.63, 3.8) is 0 Å². The van der Waals surface area contributed by atoms with Crippen molar-refractivity contribution in [3.05, 3.63) is 29.6 Å². The lowest BCUT2D eigenvalue weighted by atomic mass is 9.99. The maximum Gasteiger partial charge on any atom is 0.396 e. The molecule has 15 heavy (non-hydrogen) atoms. The highest BCUT2D eigenvalue weighted by molar-refractivity contribution is 5.22. The minimum absolute atomic E-state index is 0.0914. The Kier molecular flexibility index (Phi) is 3.37. The van der Waals surface area contributed by atoms with E-state index in [1.54, 1.807) is 6.07 Å². The monoisotopic (exact) mass is 217 g/mol. The van der Waals surface area contributed by atoms with Gasteiger partial charge in [-0.1, -0.05) is 13.8 Å². The van der Waals surface area contributed by atoms with Crippen molar-refractivity contribution in [3.8, 4) is 0 Å². The maximum atomic E-state index is 12.4. The summed E-state index contributed by atoms with van der Waals surface area (Å²) in [5.74, 6) is -1.29. The molecule has 0 amide bonds. The molecule has 0 radical (unpaired) electrons. The molecule has 1 unspecified atom stereocenters. The van der Waals surface area contributed by atoms with Crippen LogP contribution in [0.2, 0.25) is 0 Å². The first-order chi connectivity index (χ1) is 6.82. The number of hydrogen-bond acceptors (Lipinski definition) is 1. The number of rotatable bonds is 2. The third kappa shape index (κ3) is 2.94. The first-order valence-corrected chi connectivity index (χ1v) is 4.85. The molecular weight excluding hydrogens is 203 g/mol. The van der Waals surface area contributed by atoms with Gasteiger partial charge in [-0.25, -0.2) is 0 Å². The number of hydrogen-bond donors (Lipinski definition) is 0. The minimum Gasteiger partial charge on any atom is -0.261 e. The molecule has 0 spiro atoms. The SMILES string of the molecule is CC(C)c1ccnc(C(C)C(F)(F)F)c1. The summed E-state index contributed by atoms with van der Waals surface area (Å²) >= 11 is 0. The largest absolute Gasteiger partial charge is 0.396 e. The minimum atomic E-state index is -4.22. The fraction of sp³-hybridized carbons (Fsp3) is 0.545. The van der Waals surface area contributed by atoms with Crippen molar-refractivity contribution in [1.29, 1.82) is 0 Å². The fourth-order valence-electron chi connectivity index (χ4n) is 1.23. The zero-order chi connectivity index (χ0) is 11.6. The van der Waals surface area contributed by atoms with Crippen LogP contribution in [-0.4, -0.2) is 11.2 Å². The number of aromatic nitrogens is 1. The third-order valence-corrected chi connectivity index (χ3v) is 2.41. The van der Waals surface area contributed by atoms with Gasteiger partial charge in [0.2, 0.25) is 0 Å². The van der Waals surface area contributed by atoms with E-state index in [9.17, 15) is 13.2 Å². The van der Waals surface area contributed by atoms with Gasteiger partial charge in [-0.3, -0.25) is 4.98 Å². The molecule has 0 aliphatic rings. The second kappa shape index (κ2) is 4.21. The number of pyridine rings is 1. The highest BCUT2D eigenvalue weighted by Gasteiger charge is 2.37. The van der Waals surface area contributed by atoms with Gasteiger partial charge in [-0.15, -0.1) is 0 Å². The van der Waals surface area contributed by atoms with Crippen molar-refractivity contribution < 1.29 is 13.2 Å². The molecule has 1 nitrogen and oxygen atoms in total. The summed E-state index contributed by atoms with van der Waals surface area (Å²) in [6, 6.07) is 3.28. The van der Waals surface area contributed by atoms with Crippen LogP contribution in [-0.2, 0) is 0 Å². The Morgan fingerprint density at radius 2 is 1.80 bits per heavy atom. The lowest BCUT2D eigenvalue weighted by Crippen LogP contribution is -2.18. The predicted octanol–water partition coefficient (Wildman–Crippen LogP) is 3.87. The Morgan fingerprint density at radius 1 is 1.20 bits per heavy atom. The zero-order valence-electron chi connectivity index (χ0n) is 8.97. The standard InChI is InChI=1S/C11H14F3N/c1-7(2)9-4-5-15-10(6-9)8(3)11(12,13)14/h4-8H,1-3H3. The molecule has 1 aromatic rings. The molecule has 0 bridgehead atoms. The molecule has 1 atom stereocenters. The van der Waals surface area contributed by atoms with E-state index in [1.165, 1.54) is 12.3 Å². The second-order valence-corrected chi connectivity index (χ2v) is 3.93. The van der Waals surface area contributed by atoms with E-state index in [-0.39, 0.29) is 11.6 Å². The normalized spacial score (nSPS) is 14.3. The Bertz CT molecular complexity index is 331. The van der Waals surface area contributed by atoms with E-state index in [0.717, 1.165) is 12.5 Å². The molecule has 4 heteroatoms. The van der Waals surface area contributed by atoms with Crippen molar-refractivity contribution in [2.24, 2.45) is 0 Å². The molecule has 1 heterocycles. The van der Waals surface area contributed by atoms with Crippen LogP contribution in [0.25, 0.3) is 0 Å². The van der Waals surface area contributed by atoms with Crippen molar-refractivity contribution in [2.75, 3.05) is 0 Å². The molecule has 0 N–H and O–H groups in total. The third-order valence-electron chi connectivity index (χ3n) is 2.41. The Labute approximate surface area is 87.3 Å². The van der Waals surface area contributed by atoms with Gasteiger partial charge >= 0.3 is 6.18 Å². The summed E-state index contributed by atoms with van der Waals surface area (Å²) in [6.45, 7) is 5.02. The van der Waals surface area contributed by atoms with Crippen molar-refractivity contribution >= 4 is 0 Å². The van der Waals surface area contributed by atoms with Crippen LogP contribution < -0.4 is 0 Å². The lowest BCUT2D eigenvalue weighted by molar-refractivity contribution is -0.147. The van der Waals surface area contributed by atoms with Crippen LogP contribution in [0.15, 0.2) is 18.3 Å². The van der Waals surface area contributed by atoms with Crippen LogP contribution in [0.3, 0.4) is 0 Å². The molecule has 1 aromatic heterocycles. The zero-order valence-corrected chi connectivity index (χ0v) is 8.97. The molecule has 0 saturated carbocycles. The molecular formula is C11H14F3N. The summed E-state index contributed by atoms with van der Waals surface area (Å²) in [5.41, 5.74) is 0.977. The number of nitrogens with zero attached hydrogens (tertiary/aromatic N) is 1. The highest BCUT2D eigenvalue weighted by atomic mass is 19.4. The average molecular weight is 217 g/mol. The molecule has 0 aliphatic heterocycles. The van der Waals surface area contributed by atoms with Crippen LogP contribution in [0.1, 0.15) is 43.9 Å². The van der Waals surface area contributed by atoms with Crippen LogP contribution in [0.5, 0.6) is 0 Å². The van der Waals surface area contributed by atoms with Gasteiger partial charge in [0, 0.05) is 6.20 Å². The van der Waals surface area contributed by atoms with Gasteiger partial charge in [0.15, 0.2) is 0 Å². The number of alkyl halides is 3. The smallest absolute Gasteiger partial charge is 0.261 e. The van der Waals surface area contributed by atoms with Gasteiger partial charge in [-0.2, -0.15) is 13.2 Å². The molecule has 84 valence electrons. The van der Waals surface area contributed by atoms with E-state index < -0.39 is 12.1 Å². The van der Waals surface area contributed by atoms with E-state index in [0.29, 0.717) is 0 Å². The van der Waals surface area contributed by atoms with E-state index in [1.807, 2.05) is 13.8 Å². The fourth-order valence-corrected chi connectivity index (χ4v) is 1.23. The molecule has 0 saturated heterocycles. The van der Waals surface area contributed by atoms with Crippen LogP contribution in [0.4, 0.5) is 13.2 Å². The van der Waals surface area contributed by atoms with E-state index in [4.69, 9.17) is 0 Å². The van der Waals surface area contributed by atoms with Crippen LogP contribution in [0, 0.1) is 0 Å². The van der Waals surface area contributed by atoms with Gasteiger partial charge in [0.1, 0.15) is 0 Å². The molecule has 1 rings (SSSR count). The first-order valence-electron chi connectivity index (χ1n) is 4.85. The predicted molar refractivity (Wildman–Crippen MR) is 52.8 cm³/mol. The number of halogens is 3. The summed E-state index contributed by atoms with van der Waals surface area (Å²) in [5, 5.41) is 0. The Balaban J connectivity index is 3.00. The van der Waals surface area contributed by atoms with Gasteiger partial charge in [-0.05, 0) is 30.5 Å². The summed E-state index contributed by atoms with van der Waals surface area (Å²) in [6.07, 6.45) is -2.78. The van der Waals surface area contributed by atoms with Crippen molar-refractivity contribution in [2.45, 2.75) is 38.8 Å². The Hall–Kier alpha value is -1.06. The lowest BCUT2D eigenvalue weighted by Gasteiger charge is -2.16. The average Bonchev–Trinajstić information content (AvgIpc) is 2.15. The maximum absolute atomic E-state index is 12.4. The van der Waals surface area contributed by atoms with Crippen molar-refractivity contribution in [1.82, 2.24) is 4.98 Å². The first kappa shape index (κ1) is 12.0. The molecule has 0 aliphatic carbocycles. The topological polar surface area (TPSA) is 12.9 Å². The van der Waals surface area contributed by atoms with Crippen LogP contribution >= 0.6 is 0 Å². The summed E-state index contributed by atoms with van der Waals surface area (Å²) in [4.78, 5) is 3.77. The van der Waals surface area contributed by atoms with E-state index in [2.05, 4.69) is 4.98 Å². The highest BCUT2D eigenvalue weighted by Crippen LogP contribution is 2.33. The van der Waals surface area contributed by atoms with Gasteiger partial charge in [0.25, 0.3) is 0 Å². The van der Waals surface area contributed by atoms with E-state index >= 15 is 0 Å². The summed E-state index contributed by atoms with van der Waals surface area (Å²) in [7, 11) is 0. The Morgan fingerprint density at radius 3 is 2.27 bits per heavy atom. The second-order valence-electron chi connectivity index (χ2n) is 3.93.